The second kappa shape index (κ2) is 5.21. The average Bonchev–Trinajstić information content (AvgIpc) is 2.48. The summed E-state index contributed by atoms with van der Waals surface area (Å²) >= 11 is 0. The van der Waals surface area contributed by atoms with Gasteiger partial charge in [-0.3, -0.25) is 0 Å². The van der Waals surface area contributed by atoms with Crippen LogP contribution in [-0.2, 0) is 21.7 Å². The predicted molar refractivity (Wildman–Crippen MR) is 51.5 cm³/mol. The van der Waals surface area contributed by atoms with Gasteiger partial charge < -0.3 is 0 Å². The van der Waals surface area contributed by atoms with Crippen LogP contribution in [0.1, 0.15) is 12.8 Å². The second-order valence-electron chi connectivity index (χ2n) is 2.91. The van der Waals surface area contributed by atoms with Crippen LogP contribution in [0.3, 0.4) is 0 Å². The molecule has 0 aromatic rings. The molecule has 2 aliphatic carbocycles. The van der Waals surface area contributed by atoms with Crippen LogP contribution < -0.4 is 0 Å². The van der Waals surface area contributed by atoms with E-state index in [-0.39, 0.29) is 21.7 Å². The van der Waals surface area contributed by atoms with Crippen molar-refractivity contribution in [3.05, 3.63) is 59.8 Å². The third-order valence-corrected chi connectivity index (χ3v) is 2.03. The molecular weight excluding hydrogens is 192 g/mol. The molecule has 0 nitrogen and oxygen atoms in total. The van der Waals surface area contributed by atoms with Crippen LogP contribution in [0.4, 0.5) is 0 Å². The van der Waals surface area contributed by atoms with Gasteiger partial charge in [0.25, 0.3) is 0 Å². The van der Waals surface area contributed by atoms with E-state index in [1.807, 2.05) is 0 Å². The SMILES string of the molecule is [C-]1=C(C2=CC=CC=CC2)C=CC1.[Ti]. The molecule has 0 bridgehead atoms. The molecule has 0 fully saturated rings. The zero-order valence-electron chi connectivity index (χ0n) is 7.46. The molecule has 0 atom stereocenters. The van der Waals surface area contributed by atoms with Gasteiger partial charge in [-0.05, 0) is 0 Å². The Morgan fingerprint density at radius 2 is 2.00 bits per heavy atom. The Bertz CT molecular complexity index is 314. The quantitative estimate of drug-likeness (QED) is 0.453. The molecule has 0 aliphatic heterocycles. The summed E-state index contributed by atoms with van der Waals surface area (Å²) in [6.45, 7) is 0. The Balaban J connectivity index is 0.000000845. The summed E-state index contributed by atoms with van der Waals surface area (Å²) in [4.78, 5) is 0. The van der Waals surface area contributed by atoms with E-state index in [2.05, 4.69) is 48.6 Å². The zero-order chi connectivity index (χ0) is 8.23. The van der Waals surface area contributed by atoms with Gasteiger partial charge in [-0.2, -0.15) is 17.7 Å². The molecule has 2 aliphatic rings. The van der Waals surface area contributed by atoms with Gasteiger partial charge >= 0.3 is 0 Å². The Kier molecular flexibility index (Phi) is 4.21. The van der Waals surface area contributed by atoms with Crippen molar-refractivity contribution in [2.24, 2.45) is 0 Å². The average molecular weight is 203 g/mol. The molecule has 64 valence electrons. The van der Waals surface area contributed by atoms with Crippen molar-refractivity contribution in [1.82, 2.24) is 0 Å². The molecule has 0 radical (unpaired) electrons. The van der Waals surface area contributed by atoms with Crippen molar-refractivity contribution in [2.75, 3.05) is 0 Å². The first-order chi connectivity index (χ1) is 5.97. The maximum absolute atomic E-state index is 3.32. The monoisotopic (exact) mass is 203 g/mol. The summed E-state index contributed by atoms with van der Waals surface area (Å²) in [6, 6.07) is 0. The number of rotatable bonds is 1. The van der Waals surface area contributed by atoms with Crippen LogP contribution in [0.25, 0.3) is 0 Å². The van der Waals surface area contributed by atoms with Crippen molar-refractivity contribution in [3.63, 3.8) is 0 Å². The molecule has 1 heteroatoms. The van der Waals surface area contributed by atoms with Gasteiger partial charge in [-0.1, -0.05) is 37.1 Å². The minimum absolute atomic E-state index is 0. The molecule has 0 amide bonds. The topological polar surface area (TPSA) is 0 Å². The van der Waals surface area contributed by atoms with Crippen molar-refractivity contribution in [2.45, 2.75) is 12.8 Å². The molecular formula is C12H11Ti-. The molecule has 0 aromatic heterocycles. The molecule has 0 aromatic carbocycles. The number of hydrogen-bond donors (Lipinski definition) is 0. The van der Waals surface area contributed by atoms with Gasteiger partial charge in [0, 0.05) is 21.7 Å². The van der Waals surface area contributed by atoms with Crippen LogP contribution >= 0.6 is 0 Å². The van der Waals surface area contributed by atoms with E-state index < -0.39 is 0 Å². The van der Waals surface area contributed by atoms with Crippen molar-refractivity contribution in [3.8, 4) is 0 Å². The van der Waals surface area contributed by atoms with Crippen molar-refractivity contribution >= 4 is 0 Å². The summed E-state index contributed by atoms with van der Waals surface area (Å²) in [5, 5.41) is 0. The van der Waals surface area contributed by atoms with Crippen LogP contribution in [0.2, 0.25) is 0 Å². The normalized spacial score (nSPS) is 19.1. The van der Waals surface area contributed by atoms with Gasteiger partial charge in [0.2, 0.25) is 0 Å². The fraction of sp³-hybridized carbons (Fsp3) is 0.167. The van der Waals surface area contributed by atoms with E-state index in [1.54, 1.807) is 0 Å². The third-order valence-electron chi connectivity index (χ3n) is 2.03. The largest absolute Gasteiger partial charge is 0.198 e. The Morgan fingerprint density at radius 3 is 2.77 bits per heavy atom. The predicted octanol–water partition coefficient (Wildman–Crippen LogP) is 3.12. The number of allylic oxidation sites excluding steroid dienone is 10. The number of hydrogen-bond acceptors (Lipinski definition) is 0. The molecule has 0 saturated heterocycles. The third kappa shape index (κ3) is 2.68. The Labute approximate surface area is 94.3 Å². The Morgan fingerprint density at radius 1 is 1.08 bits per heavy atom. The minimum atomic E-state index is 0. The van der Waals surface area contributed by atoms with Gasteiger partial charge in [-0.15, -0.1) is 17.7 Å². The molecule has 0 unspecified atom stereocenters. The molecule has 2 rings (SSSR count). The Hall–Kier alpha value is -0.586. The van der Waals surface area contributed by atoms with E-state index in [4.69, 9.17) is 0 Å². The summed E-state index contributed by atoms with van der Waals surface area (Å²) in [5.41, 5.74) is 2.64. The van der Waals surface area contributed by atoms with E-state index in [0.717, 1.165) is 12.8 Å². The van der Waals surface area contributed by atoms with Crippen molar-refractivity contribution < 1.29 is 21.7 Å². The van der Waals surface area contributed by atoms with E-state index in [0.29, 0.717) is 0 Å². The first-order valence-corrected chi connectivity index (χ1v) is 4.27. The zero-order valence-corrected chi connectivity index (χ0v) is 9.02. The van der Waals surface area contributed by atoms with E-state index >= 15 is 0 Å². The van der Waals surface area contributed by atoms with E-state index in [9.17, 15) is 0 Å². The molecule has 0 spiro atoms. The van der Waals surface area contributed by atoms with Crippen molar-refractivity contribution in [1.29, 1.82) is 0 Å². The van der Waals surface area contributed by atoms with Gasteiger partial charge in [-0.25, -0.2) is 0 Å². The molecule has 0 saturated carbocycles. The van der Waals surface area contributed by atoms with Crippen LogP contribution in [0.5, 0.6) is 0 Å². The first-order valence-electron chi connectivity index (χ1n) is 4.27. The van der Waals surface area contributed by atoms with Gasteiger partial charge in [0.15, 0.2) is 0 Å². The standard InChI is InChI=1S/C12H11.Ti/c1-2-4-8-11(7-3-1)12-9-5-6-10-12;/h1-5,7,9H,6,8H2;/q-1;. The fourth-order valence-corrected chi connectivity index (χ4v) is 1.40. The fourth-order valence-electron chi connectivity index (χ4n) is 1.40. The maximum atomic E-state index is 3.32. The molecule has 13 heavy (non-hydrogen) atoms. The molecule has 0 heterocycles. The molecule has 0 N–H and O–H groups in total. The first kappa shape index (κ1) is 10.5. The van der Waals surface area contributed by atoms with Crippen LogP contribution in [0, 0.1) is 6.08 Å². The van der Waals surface area contributed by atoms with Crippen LogP contribution in [-0.4, -0.2) is 0 Å². The van der Waals surface area contributed by atoms with Gasteiger partial charge in [0.1, 0.15) is 0 Å². The second-order valence-corrected chi connectivity index (χ2v) is 2.91. The minimum Gasteiger partial charge on any atom is -0.198 e. The summed E-state index contributed by atoms with van der Waals surface area (Å²) in [6.07, 6.45) is 20.2. The van der Waals surface area contributed by atoms with Crippen LogP contribution in [0.15, 0.2) is 53.7 Å². The smallest absolute Gasteiger partial charge is 0 e. The van der Waals surface area contributed by atoms with E-state index in [1.165, 1.54) is 11.1 Å². The van der Waals surface area contributed by atoms with Gasteiger partial charge in [0.05, 0.1) is 0 Å². The summed E-state index contributed by atoms with van der Waals surface area (Å²) in [5.74, 6) is 0. The maximum Gasteiger partial charge on any atom is 0 e. The summed E-state index contributed by atoms with van der Waals surface area (Å²) < 4.78 is 0. The summed E-state index contributed by atoms with van der Waals surface area (Å²) in [7, 11) is 0.